The Hall–Kier alpha value is -3.57. The summed E-state index contributed by atoms with van der Waals surface area (Å²) in [6.45, 7) is 3.63. The van der Waals surface area contributed by atoms with Crippen LogP contribution >= 0.6 is 24.4 Å². The van der Waals surface area contributed by atoms with Crippen LogP contribution in [0.4, 0.5) is 16.2 Å². The van der Waals surface area contributed by atoms with E-state index in [9.17, 15) is 4.79 Å². The highest BCUT2D eigenvalue weighted by molar-refractivity contribution is 7.80. The van der Waals surface area contributed by atoms with Crippen molar-refractivity contribution in [3.8, 4) is 0 Å². The normalized spacial score (nSPS) is 11.4. The number of carbonyl (C=O) groups is 1. The summed E-state index contributed by atoms with van der Waals surface area (Å²) in [5.74, 6) is 0. The summed E-state index contributed by atoms with van der Waals surface area (Å²) in [5, 5.41) is 13.8. The smallest absolute Gasteiger partial charge is 0.323 e. The second kappa shape index (κ2) is 10.8. The molecule has 2 amide bonds. The molecule has 0 aliphatic carbocycles. The molecule has 2 aromatic rings. The number of nitrogens with two attached hydrogens (primary N) is 2. The molecule has 0 spiro atoms. The third kappa shape index (κ3) is 7.45. The Morgan fingerprint density at radius 3 is 1.37 bits per heavy atom. The van der Waals surface area contributed by atoms with Gasteiger partial charge < -0.3 is 22.1 Å². The Morgan fingerprint density at radius 1 is 0.733 bits per heavy atom. The average molecular weight is 443 g/mol. The van der Waals surface area contributed by atoms with Gasteiger partial charge >= 0.3 is 6.03 Å². The molecule has 0 aliphatic heterocycles. The maximum Gasteiger partial charge on any atom is 0.323 e. The lowest BCUT2D eigenvalue weighted by molar-refractivity contribution is 0.262. The quantitative estimate of drug-likeness (QED) is 0.229. The zero-order valence-electron chi connectivity index (χ0n) is 16.4. The Kier molecular flexibility index (Phi) is 8.20. The molecule has 0 atom stereocenters. The van der Waals surface area contributed by atoms with Crippen LogP contribution in [0, 0.1) is 0 Å². The first kappa shape index (κ1) is 22.7. The molecule has 8 N–H and O–H groups in total. The number of nitrogens with zero attached hydrogens (tertiary/aromatic N) is 2. The summed E-state index contributed by atoms with van der Waals surface area (Å²) in [6.07, 6.45) is 0. The van der Waals surface area contributed by atoms with Crippen LogP contribution in [-0.2, 0) is 0 Å². The SMILES string of the molecule is C/C(=N/NC(N)=S)c1ccc(NC(=O)Nc2ccc(/C(C)=N/NC(N)=S)cc2)cc1. The van der Waals surface area contributed by atoms with Crippen molar-refractivity contribution in [3.63, 3.8) is 0 Å². The van der Waals surface area contributed by atoms with Gasteiger partial charge in [-0.2, -0.15) is 10.2 Å². The highest BCUT2D eigenvalue weighted by atomic mass is 32.1. The fourth-order valence-corrected chi connectivity index (χ4v) is 2.38. The first-order chi connectivity index (χ1) is 14.2. The summed E-state index contributed by atoms with van der Waals surface area (Å²) >= 11 is 9.43. The number of thiocarbonyl (C=S) groups is 2. The van der Waals surface area contributed by atoms with E-state index in [1.807, 2.05) is 38.1 Å². The second-order valence-corrected chi connectivity index (χ2v) is 6.96. The highest BCUT2D eigenvalue weighted by Crippen LogP contribution is 2.13. The van der Waals surface area contributed by atoms with E-state index in [1.54, 1.807) is 24.3 Å². The molecule has 0 aliphatic rings. The molecule has 9 nitrogen and oxygen atoms in total. The van der Waals surface area contributed by atoms with Crippen LogP contribution in [0.2, 0.25) is 0 Å². The number of benzene rings is 2. The van der Waals surface area contributed by atoms with Gasteiger partial charge in [0.15, 0.2) is 10.2 Å². The van der Waals surface area contributed by atoms with Gasteiger partial charge in [-0.25, -0.2) is 4.79 Å². The van der Waals surface area contributed by atoms with E-state index in [1.165, 1.54) is 0 Å². The predicted octanol–water partition coefficient (Wildman–Crippen LogP) is 2.45. The fraction of sp³-hybridized carbons (Fsp3) is 0.105. The minimum Gasteiger partial charge on any atom is -0.375 e. The van der Waals surface area contributed by atoms with E-state index in [2.05, 4.69) is 31.7 Å². The van der Waals surface area contributed by atoms with E-state index in [4.69, 9.17) is 35.9 Å². The number of urea groups is 1. The lowest BCUT2D eigenvalue weighted by Crippen LogP contribution is -2.25. The molecule has 2 rings (SSSR count). The zero-order chi connectivity index (χ0) is 22.1. The lowest BCUT2D eigenvalue weighted by Gasteiger charge is -2.09. The molecule has 0 saturated carbocycles. The van der Waals surface area contributed by atoms with Gasteiger partial charge in [-0.15, -0.1) is 0 Å². The number of carbonyl (C=O) groups excluding carboxylic acids is 1. The zero-order valence-corrected chi connectivity index (χ0v) is 18.0. The van der Waals surface area contributed by atoms with Gasteiger partial charge in [-0.3, -0.25) is 10.9 Å². The summed E-state index contributed by atoms with van der Waals surface area (Å²) in [6, 6.07) is 14.0. The van der Waals surface area contributed by atoms with Crippen LogP contribution in [0.5, 0.6) is 0 Å². The van der Waals surface area contributed by atoms with Gasteiger partial charge in [0.1, 0.15) is 0 Å². The average Bonchev–Trinajstić information content (AvgIpc) is 2.71. The first-order valence-corrected chi connectivity index (χ1v) is 9.54. The van der Waals surface area contributed by atoms with Gasteiger partial charge in [0.2, 0.25) is 0 Å². The van der Waals surface area contributed by atoms with Crippen molar-refractivity contribution in [2.45, 2.75) is 13.8 Å². The third-order valence-electron chi connectivity index (χ3n) is 3.79. The van der Waals surface area contributed by atoms with Crippen LogP contribution in [-0.4, -0.2) is 27.7 Å². The predicted molar refractivity (Wildman–Crippen MR) is 130 cm³/mol. The van der Waals surface area contributed by atoms with E-state index < -0.39 is 0 Å². The monoisotopic (exact) mass is 442 g/mol. The molecule has 2 aromatic carbocycles. The number of amides is 2. The number of hydrogen-bond acceptors (Lipinski definition) is 5. The van der Waals surface area contributed by atoms with E-state index >= 15 is 0 Å². The molecular weight excluding hydrogens is 420 g/mol. The molecule has 0 fully saturated rings. The van der Waals surface area contributed by atoms with Crippen molar-refractivity contribution in [2.24, 2.45) is 21.7 Å². The Morgan fingerprint density at radius 2 is 1.07 bits per heavy atom. The van der Waals surface area contributed by atoms with E-state index in [0.29, 0.717) is 22.8 Å². The first-order valence-electron chi connectivity index (χ1n) is 8.73. The molecule has 0 unspecified atom stereocenters. The van der Waals surface area contributed by atoms with Crippen molar-refractivity contribution in [3.05, 3.63) is 59.7 Å². The standard InChI is InChI=1S/C19H22N8OS2/c1-11(24-26-17(20)29)13-3-7-15(8-4-13)22-19(28)23-16-9-5-14(6-10-16)12(2)25-27-18(21)30/h3-10H,1-2H3,(H3,20,26,29)(H3,21,27,30)(H2,22,23,28)/b24-11-,25-12+. The van der Waals surface area contributed by atoms with Crippen molar-refractivity contribution in [1.82, 2.24) is 10.9 Å². The Bertz CT molecular complexity index is 905. The highest BCUT2D eigenvalue weighted by Gasteiger charge is 2.05. The summed E-state index contributed by atoms with van der Waals surface area (Å²) < 4.78 is 0. The number of rotatable bonds is 6. The Balaban J connectivity index is 1.94. The van der Waals surface area contributed by atoms with Crippen LogP contribution in [0.15, 0.2) is 58.7 Å². The maximum atomic E-state index is 12.2. The van der Waals surface area contributed by atoms with Crippen LogP contribution < -0.4 is 33.0 Å². The van der Waals surface area contributed by atoms with Crippen molar-refractivity contribution < 1.29 is 4.79 Å². The number of hydrazone groups is 2. The maximum absolute atomic E-state index is 12.2. The lowest BCUT2D eigenvalue weighted by atomic mass is 10.1. The van der Waals surface area contributed by atoms with Crippen LogP contribution in [0.25, 0.3) is 0 Å². The molecule has 0 saturated heterocycles. The van der Waals surface area contributed by atoms with Gasteiger partial charge in [-0.1, -0.05) is 24.3 Å². The van der Waals surface area contributed by atoms with E-state index in [-0.39, 0.29) is 16.3 Å². The van der Waals surface area contributed by atoms with Crippen molar-refractivity contribution in [1.29, 1.82) is 0 Å². The van der Waals surface area contributed by atoms with Crippen LogP contribution in [0.3, 0.4) is 0 Å². The molecular formula is C19H22N8OS2. The number of nitrogens with one attached hydrogen (secondary N) is 4. The molecule has 0 aromatic heterocycles. The van der Waals surface area contributed by atoms with Crippen molar-refractivity contribution >= 4 is 63.5 Å². The van der Waals surface area contributed by atoms with Gasteiger partial charge in [0, 0.05) is 11.4 Å². The van der Waals surface area contributed by atoms with Crippen molar-refractivity contribution in [2.75, 3.05) is 10.6 Å². The minimum absolute atomic E-state index is 0.0936. The summed E-state index contributed by atoms with van der Waals surface area (Å²) in [5.41, 5.74) is 20.2. The molecule has 156 valence electrons. The summed E-state index contributed by atoms with van der Waals surface area (Å²) in [4.78, 5) is 12.2. The third-order valence-corrected chi connectivity index (χ3v) is 3.97. The largest absolute Gasteiger partial charge is 0.375 e. The van der Waals surface area contributed by atoms with Gasteiger partial charge in [0.05, 0.1) is 11.4 Å². The Labute approximate surface area is 185 Å². The van der Waals surface area contributed by atoms with Crippen LogP contribution in [0.1, 0.15) is 25.0 Å². The fourth-order valence-electron chi connectivity index (χ4n) is 2.29. The minimum atomic E-state index is -0.364. The molecule has 30 heavy (non-hydrogen) atoms. The van der Waals surface area contributed by atoms with E-state index in [0.717, 1.165) is 11.1 Å². The molecule has 0 bridgehead atoms. The second-order valence-electron chi connectivity index (χ2n) is 6.08. The molecule has 11 heteroatoms. The number of hydrogen-bond donors (Lipinski definition) is 6. The van der Waals surface area contributed by atoms with Gasteiger partial charge in [-0.05, 0) is 73.7 Å². The topological polar surface area (TPSA) is 142 Å². The molecule has 0 heterocycles. The summed E-state index contributed by atoms with van der Waals surface area (Å²) in [7, 11) is 0. The molecule has 0 radical (unpaired) electrons. The number of anilines is 2. The van der Waals surface area contributed by atoms with Gasteiger partial charge in [0.25, 0.3) is 0 Å².